The van der Waals surface area contributed by atoms with Crippen LogP contribution in [0.4, 0.5) is 5.69 Å². The molecule has 7 heteroatoms. The van der Waals surface area contributed by atoms with E-state index in [1.54, 1.807) is 37.3 Å². The summed E-state index contributed by atoms with van der Waals surface area (Å²) in [6, 6.07) is 10.4. The van der Waals surface area contributed by atoms with Crippen molar-refractivity contribution in [2.24, 2.45) is 0 Å². The number of halogens is 1. The maximum atomic E-state index is 12.5. The molecule has 0 atom stereocenters. The maximum Gasteiger partial charge on any atom is 0.266 e. The summed E-state index contributed by atoms with van der Waals surface area (Å²) in [4.78, 5) is 12.5. The summed E-state index contributed by atoms with van der Waals surface area (Å²) in [5.41, 5.74) is 1.79. The van der Waals surface area contributed by atoms with Gasteiger partial charge in [-0.15, -0.1) is 0 Å². The van der Waals surface area contributed by atoms with Gasteiger partial charge < -0.3 is 19.5 Å². The summed E-state index contributed by atoms with van der Waals surface area (Å²) in [6.45, 7) is 1.88. The smallest absolute Gasteiger partial charge is 0.266 e. The molecule has 1 aliphatic heterocycles. The Kier molecular flexibility index (Phi) is 5.01. The Bertz CT molecular complexity index is 947. The molecule has 0 aromatic heterocycles. The van der Waals surface area contributed by atoms with Crippen LogP contribution in [-0.2, 0) is 4.79 Å². The Balaban J connectivity index is 1.90. The largest absolute Gasteiger partial charge is 0.493 e. The monoisotopic (exact) mass is 370 g/mol. The molecule has 0 bridgehead atoms. The quantitative estimate of drug-likeness (QED) is 0.651. The Morgan fingerprint density at radius 3 is 2.92 bits per heavy atom. The summed E-state index contributed by atoms with van der Waals surface area (Å²) in [7, 11) is 1.50. The molecule has 2 aromatic rings. The van der Waals surface area contributed by atoms with Crippen LogP contribution in [0, 0.1) is 18.3 Å². The van der Waals surface area contributed by atoms with Crippen molar-refractivity contribution in [3.8, 4) is 23.3 Å². The first-order chi connectivity index (χ1) is 12.5. The molecule has 2 aromatic carbocycles. The number of nitrogens with zero attached hydrogens (tertiary/aromatic N) is 1. The molecule has 0 radical (unpaired) electrons. The summed E-state index contributed by atoms with van der Waals surface area (Å²) in [6.07, 6.45) is 1.46. The zero-order chi connectivity index (χ0) is 18.7. The minimum absolute atomic E-state index is 0.0645. The first-order valence-corrected chi connectivity index (χ1v) is 8.07. The van der Waals surface area contributed by atoms with E-state index in [-0.39, 0.29) is 12.4 Å². The lowest BCUT2D eigenvalue weighted by Gasteiger charge is -2.09. The summed E-state index contributed by atoms with van der Waals surface area (Å²) >= 11 is 6.06. The van der Waals surface area contributed by atoms with Crippen LogP contribution in [0.2, 0.25) is 5.02 Å². The van der Waals surface area contributed by atoms with Crippen molar-refractivity contribution in [1.29, 1.82) is 5.26 Å². The fraction of sp³-hybridized carbons (Fsp3) is 0.158. The number of hydrogen-bond acceptors (Lipinski definition) is 5. The fourth-order valence-corrected chi connectivity index (χ4v) is 2.66. The molecule has 0 saturated carbocycles. The number of amides is 1. The number of hydrogen-bond donors (Lipinski definition) is 1. The molecule has 0 fully saturated rings. The number of fused-ring (bicyclic) bond motifs is 1. The molecular weight excluding hydrogens is 356 g/mol. The zero-order valence-electron chi connectivity index (χ0n) is 14.1. The second kappa shape index (κ2) is 7.38. The highest BCUT2D eigenvalue weighted by Crippen LogP contribution is 2.42. The van der Waals surface area contributed by atoms with Gasteiger partial charge in [-0.05, 0) is 48.4 Å². The number of carbonyl (C=O) groups excluding carboxylic acids is 1. The third-order valence-corrected chi connectivity index (χ3v) is 4.28. The molecule has 0 saturated heterocycles. The SMILES string of the molecule is COc1cc(/C=C(\C#N)C(=O)Nc2cccc(Cl)c2C)cc2c1OCO2. The molecule has 1 heterocycles. The Morgan fingerprint density at radius 1 is 1.38 bits per heavy atom. The summed E-state index contributed by atoms with van der Waals surface area (Å²) in [5.74, 6) is 0.935. The number of benzene rings is 2. The highest BCUT2D eigenvalue weighted by Gasteiger charge is 2.20. The van der Waals surface area contributed by atoms with Crippen LogP contribution in [0.3, 0.4) is 0 Å². The van der Waals surface area contributed by atoms with Gasteiger partial charge in [0.15, 0.2) is 11.5 Å². The molecule has 6 nitrogen and oxygen atoms in total. The molecule has 1 amide bonds. The standard InChI is InChI=1S/C19H15ClN2O4/c1-11-14(20)4-3-5-15(11)22-19(23)13(9-21)6-12-7-16(24-2)18-17(8-12)25-10-26-18/h3-8H,10H2,1-2H3,(H,22,23)/b13-6+. The second-order valence-electron chi connectivity index (χ2n) is 5.49. The van der Waals surface area contributed by atoms with Crippen LogP contribution >= 0.6 is 11.6 Å². The Labute approximate surface area is 155 Å². The summed E-state index contributed by atoms with van der Waals surface area (Å²) in [5, 5.41) is 12.6. The van der Waals surface area contributed by atoms with Gasteiger partial charge in [-0.2, -0.15) is 5.26 Å². The number of rotatable bonds is 4. The van der Waals surface area contributed by atoms with Crippen molar-refractivity contribution in [3.63, 3.8) is 0 Å². The fourth-order valence-electron chi connectivity index (χ4n) is 2.48. The maximum absolute atomic E-state index is 12.5. The van der Waals surface area contributed by atoms with E-state index < -0.39 is 5.91 Å². The molecule has 0 spiro atoms. The number of methoxy groups -OCH3 is 1. The third kappa shape index (κ3) is 3.44. The van der Waals surface area contributed by atoms with Gasteiger partial charge in [-0.25, -0.2) is 0 Å². The highest BCUT2D eigenvalue weighted by molar-refractivity contribution is 6.31. The predicted molar refractivity (Wildman–Crippen MR) is 97.5 cm³/mol. The first kappa shape index (κ1) is 17.6. The molecule has 3 rings (SSSR count). The molecule has 26 heavy (non-hydrogen) atoms. The first-order valence-electron chi connectivity index (χ1n) is 7.69. The minimum atomic E-state index is -0.533. The van der Waals surface area contributed by atoms with Crippen molar-refractivity contribution >= 4 is 29.3 Å². The van der Waals surface area contributed by atoms with E-state index in [0.29, 0.717) is 33.5 Å². The molecule has 0 unspecified atom stereocenters. The third-order valence-electron chi connectivity index (χ3n) is 3.87. The van der Waals surface area contributed by atoms with E-state index in [2.05, 4.69) is 5.32 Å². The summed E-state index contributed by atoms with van der Waals surface area (Å²) < 4.78 is 16.0. The van der Waals surface area contributed by atoms with E-state index in [0.717, 1.165) is 5.56 Å². The van der Waals surface area contributed by atoms with Crippen molar-refractivity contribution < 1.29 is 19.0 Å². The van der Waals surface area contributed by atoms with Crippen LogP contribution in [0.25, 0.3) is 6.08 Å². The van der Waals surface area contributed by atoms with Gasteiger partial charge in [0.1, 0.15) is 11.6 Å². The van der Waals surface area contributed by atoms with Gasteiger partial charge in [0.2, 0.25) is 12.5 Å². The van der Waals surface area contributed by atoms with Gasteiger partial charge in [-0.1, -0.05) is 17.7 Å². The lowest BCUT2D eigenvalue weighted by Crippen LogP contribution is -2.14. The number of nitrogens with one attached hydrogen (secondary N) is 1. The topological polar surface area (TPSA) is 80.6 Å². The normalized spacial score (nSPS) is 12.5. The molecule has 1 aliphatic rings. The Morgan fingerprint density at radius 2 is 2.19 bits per heavy atom. The van der Waals surface area contributed by atoms with Gasteiger partial charge >= 0.3 is 0 Å². The van der Waals surface area contributed by atoms with Crippen LogP contribution in [0.15, 0.2) is 35.9 Å². The number of carbonyl (C=O) groups is 1. The predicted octanol–water partition coefficient (Wildman–Crippen LogP) is 3.93. The van der Waals surface area contributed by atoms with Crippen molar-refractivity contribution in [2.45, 2.75) is 6.92 Å². The van der Waals surface area contributed by atoms with Gasteiger partial charge in [0.05, 0.1) is 7.11 Å². The minimum Gasteiger partial charge on any atom is -0.493 e. The van der Waals surface area contributed by atoms with Crippen molar-refractivity contribution in [1.82, 2.24) is 0 Å². The van der Waals surface area contributed by atoms with Gasteiger partial charge in [-0.3, -0.25) is 4.79 Å². The van der Waals surface area contributed by atoms with Crippen molar-refractivity contribution in [3.05, 3.63) is 52.1 Å². The molecule has 132 valence electrons. The van der Waals surface area contributed by atoms with Gasteiger partial charge in [0, 0.05) is 10.7 Å². The number of ether oxygens (including phenoxy) is 3. The molecule has 1 N–H and O–H groups in total. The number of anilines is 1. The lowest BCUT2D eigenvalue weighted by molar-refractivity contribution is -0.112. The van der Waals surface area contributed by atoms with E-state index in [4.69, 9.17) is 25.8 Å². The molecule has 0 aliphatic carbocycles. The average Bonchev–Trinajstić information content (AvgIpc) is 3.11. The van der Waals surface area contributed by atoms with Crippen LogP contribution in [0.1, 0.15) is 11.1 Å². The van der Waals surface area contributed by atoms with E-state index in [1.807, 2.05) is 6.07 Å². The molecular formula is C19H15ClN2O4. The Hall–Kier alpha value is -3.17. The number of nitriles is 1. The lowest BCUT2D eigenvalue weighted by atomic mass is 10.1. The van der Waals surface area contributed by atoms with Crippen LogP contribution < -0.4 is 19.5 Å². The van der Waals surface area contributed by atoms with E-state index >= 15 is 0 Å². The van der Waals surface area contributed by atoms with Gasteiger partial charge in [0.25, 0.3) is 5.91 Å². The highest BCUT2D eigenvalue weighted by atomic mass is 35.5. The average molecular weight is 371 g/mol. The van der Waals surface area contributed by atoms with Crippen LogP contribution in [0.5, 0.6) is 17.2 Å². The zero-order valence-corrected chi connectivity index (χ0v) is 14.9. The van der Waals surface area contributed by atoms with Crippen molar-refractivity contribution in [2.75, 3.05) is 19.2 Å². The van der Waals surface area contributed by atoms with E-state index in [9.17, 15) is 10.1 Å². The van der Waals surface area contributed by atoms with E-state index in [1.165, 1.54) is 13.2 Å². The second-order valence-corrected chi connectivity index (χ2v) is 5.90. The van der Waals surface area contributed by atoms with Crippen LogP contribution in [-0.4, -0.2) is 19.8 Å².